The van der Waals surface area contributed by atoms with Gasteiger partial charge in [-0.2, -0.15) is 0 Å². The monoisotopic (exact) mass is 240 g/mol. The second-order valence-corrected chi connectivity index (χ2v) is 4.33. The fourth-order valence-electron chi connectivity index (χ4n) is 1.70. The lowest BCUT2D eigenvalue weighted by atomic mass is 10.1. The number of ether oxygens (including phenoxy) is 1. The highest BCUT2D eigenvalue weighted by atomic mass is 16.6. The van der Waals surface area contributed by atoms with Crippen LogP contribution in [0.2, 0.25) is 0 Å². The van der Waals surface area contributed by atoms with Crippen molar-refractivity contribution in [3.63, 3.8) is 0 Å². The van der Waals surface area contributed by atoms with Crippen LogP contribution in [0.4, 0.5) is 4.79 Å². The first-order valence-electron chi connectivity index (χ1n) is 5.87. The normalized spacial score (nSPS) is 15.9. The molecule has 0 N–H and O–H groups in total. The molecule has 5 heteroatoms. The van der Waals surface area contributed by atoms with Gasteiger partial charge in [-0.05, 0) is 0 Å². The standard InChI is InChI=1S/C12H20N2O3/c1-4-9-17-12(16)14-7-5-13(6-8-14)11(15)10(2)3/h4,10H,1,5-9H2,2-3H3. The molecule has 1 fully saturated rings. The summed E-state index contributed by atoms with van der Waals surface area (Å²) in [5.41, 5.74) is 0. The molecular weight excluding hydrogens is 220 g/mol. The number of piperazine rings is 1. The fourth-order valence-corrected chi connectivity index (χ4v) is 1.70. The number of rotatable bonds is 3. The third-order valence-electron chi connectivity index (χ3n) is 2.67. The molecule has 1 saturated heterocycles. The SMILES string of the molecule is C=CCOC(=O)N1CCN(C(=O)C(C)C)CC1. The summed E-state index contributed by atoms with van der Waals surface area (Å²) in [5.74, 6) is 0.151. The molecule has 1 rings (SSSR count). The lowest BCUT2D eigenvalue weighted by molar-refractivity contribution is -0.136. The van der Waals surface area contributed by atoms with Gasteiger partial charge in [0, 0.05) is 32.1 Å². The highest BCUT2D eigenvalue weighted by Crippen LogP contribution is 2.08. The molecular formula is C12H20N2O3. The topological polar surface area (TPSA) is 49.9 Å². The Labute approximate surface area is 102 Å². The minimum atomic E-state index is -0.332. The molecule has 0 bridgehead atoms. The Morgan fingerprint density at radius 2 is 1.76 bits per heavy atom. The van der Waals surface area contributed by atoms with Crippen LogP contribution in [0, 0.1) is 5.92 Å². The lowest BCUT2D eigenvalue weighted by Gasteiger charge is -2.34. The zero-order chi connectivity index (χ0) is 12.8. The molecule has 5 nitrogen and oxygen atoms in total. The molecule has 0 unspecified atom stereocenters. The summed E-state index contributed by atoms with van der Waals surface area (Å²) in [4.78, 5) is 26.7. The largest absolute Gasteiger partial charge is 0.445 e. The number of carbonyl (C=O) groups excluding carboxylic acids is 2. The van der Waals surface area contributed by atoms with Crippen molar-refractivity contribution in [2.75, 3.05) is 32.8 Å². The summed E-state index contributed by atoms with van der Waals surface area (Å²) >= 11 is 0. The molecule has 0 aromatic heterocycles. The van der Waals surface area contributed by atoms with Crippen LogP contribution in [0.15, 0.2) is 12.7 Å². The summed E-state index contributed by atoms with van der Waals surface area (Å²) < 4.78 is 4.94. The molecule has 1 aliphatic heterocycles. The van der Waals surface area contributed by atoms with E-state index in [9.17, 15) is 9.59 Å². The van der Waals surface area contributed by atoms with Gasteiger partial charge in [-0.25, -0.2) is 4.79 Å². The van der Waals surface area contributed by atoms with E-state index in [0.717, 1.165) is 0 Å². The number of carbonyl (C=O) groups is 2. The van der Waals surface area contributed by atoms with Crippen LogP contribution in [-0.2, 0) is 9.53 Å². The molecule has 1 heterocycles. The molecule has 0 aliphatic carbocycles. The van der Waals surface area contributed by atoms with Crippen molar-refractivity contribution in [1.82, 2.24) is 9.80 Å². The Hall–Kier alpha value is -1.52. The lowest BCUT2D eigenvalue weighted by Crippen LogP contribution is -2.51. The van der Waals surface area contributed by atoms with Gasteiger partial charge in [0.05, 0.1) is 0 Å². The summed E-state index contributed by atoms with van der Waals surface area (Å²) in [5, 5.41) is 0. The van der Waals surface area contributed by atoms with E-state index in [1.807, 2.05) is 13.8 Å². The third-order valence-corrected chi connectivity index (χ3v) is 2.67. The summed E-state index contributed by atoms with van der Waals surface area (Å²) in [6, 6.07) is 0. The maximum atomic E-state index is 11.7. The highest BCUT2D eigenvalue weighted by molar-refractivity contribution is 5.78. The Morgan fingerprint density at radius 3 is 2.24 bits per heavy atom. The molecule has 0 aromatic rings. The minimum absolute atomic E-state index is 0.00858. The van der Waals surface area contributed by atoms with Crippen molar-refractivity contribution in [1.29, 1.82) is 0 Å². The Morgan fingerprint density at radius 1 is 1.24 bits per heavy atom. The minimum Gasteiger partial charge on any atom is -0.445 e. The first-order valence-corrected chi connectivity index (χ1v) is 5.87. The maximum absolute atomic E-state index is 11.7. The first-order chi connectivity index (χ1) is 8.06. The summed E-state index contributed by atoms with van der Waals surface area (Å²) in [7, 11) is 0. The zero-order valence-corrected chi connectivity index (χ0v) is 10.5. The van der Waals surface area contributed by atoms with E-state index in [4.69, 9.17) is 4.74 Å². The van der Waals surface area contributed by atoms with Gasteiger partial charge in [0.25, 0.3) is 0 Å². The van der Waals surface area contributed by atoms with Gasteiger partial charge in [-0.3, -0.25) is 4.79 Å². The molecule has 2 amide bonds. The van der Waals surface area contributed by atoms with Gasteiger partial charge >= 0.3 is 6.09 Å². The van der Waals surface area contributed by atoms with Crippen LogP contribution in [0.1, 0.15) is 13.8 Å². The first kappa shape index (κ1) is 13.5. The molecule has 0 radical (unpaired) electrons. The summed E-state index contributed by atoms with van der Waals surface area (Å²) in [6.07, 6.45) is 1.21. The number of nitrogens with zero attached hydrogens (tertiary/aromatic N) is 2. The number of hydrogen-bond donors (Lipinski definition) is 0. The van der Waals surface area contributed by atoms with Gasteiger partial charge in [-0.1, -0.05) is 26.5 Å². The van der Waals surface area contributed by atoms with E-state index in [1.54, 1.807) is 9.80 Å². The third kappa shape index (κ3) is 3.76. The molecule has 0 atom stereocenters. The molecule has 0 saturated carbocycles. The molecule has 0 aromatic carbocycles. The van der Waals surface area contributed by atoms with Crippen molar-refractivity contribution in [2.24, 2.45) is 5.92 Å². The number of amides is 2. The van der Waals surface area contributed by atoms with Crippen LogP contribution < -0.4 is 0 Å². The fraction of sp³-hybridized carbons (Fsp3) is 0.667. The van der Waals surface area contributed by atoms with Crippen molar-refractivity contribution in [3.8, 4) is 0 Å². The Kier molecular flexibility index (Phi) is 5.00. The van der Waals surface area contributed by atoms with Crippen LogP contribution in [0.5, 0.6) is 0 Å². The van der Waals surface area contributed by atoms with Gasteiger partial charge in [0.2, 0.25) is 5.91 Å². The highest BCUT2D eigenvalue weighted by Gasteiger charge is 2.25. The van der Waals surface area contributed by atoms with Gasteiger partial charge < -0.3 is 14.5 Å². The van der Waals surface area contributed by atoms with Crippen molar-refractivity contribution < 1.29 is 14.3 Å². The quantitative estimate of drug-likeness (QED) is 0.694. The second kappa shape index (κ2) is 6.27. The van der Waals surface area contributed by atoms with E-state index in [-0.39, 0.29) is 24.5 Å². The van der Waals surface area contributed by atoms with E-state index < -0.39 is 0 Å². The van der Waals surface area contributed by atoms with E-state index in [1.165, 1.54) is 6.08 Å². The van der Waals surface area contributed by atoms with Crippen molar-refractivity contribution >= 4 is 12.0 Å². The van der Waals surface area contributed by atoms with E-state index in [2.05, 4.69) is 6.58 Å². The number of hydrogen-bond acceptors (Lipinski definition) is 3. The molecule has 17 heavy (non-hydrogen) atoms. The van der Waals surface area contributed by atoms with Crippen molar-refractivity contribution in [3.05, 3.63) is 12.7 Å². The van der Waals surface area contributed by atoms with Crippen molar-refractivity contribution in [2.45, 2.75) is 13.8 Å². The average Bonchev–Trinajstić information content (AvgIpc) is 2.35. The Bertz CT molecular complexity index is 294. The van der Waals surface area contributed by atoms with Crippen LogP contribution >= 0.6 is 0 Å². The van der Waals surface area contributed by atoms with Gasteiger partial charge in [0.1, 0.15) is 6.61 Å². The maximum Gasteiger partial charge on any atom is 0.410 e. The molecule has 0 spiro atoms. The molecule has 1 aliphatic rings. The van der Waals surface area contributed by atoms with Crippen LogP contribution in [0.3, 0.4) is 0 Å². The smallest absolute Gasteiger partial charge is 0.410 e. The zero-order valence-electron chi connectivity index (χ0n) is 10.5. The van der Waals surface area contributed by atoms with Gasteiger partial charge in [0.15, 0.2) is 0 Å². The van der Waals surface area contributed by atoms with E-state index in [0.29, 0.717) is 26.2 Å². The molecule has 96 valence electrons. The predicted octanol–water partition coefficient (Wildman–Crippen LogP) is 1.11. The predicted molar refractivity (Wildman–Crippen MR) is 64.5 cm³/mol. The second-order valence-electron chi connectivity index (χ2n) is 4.33. The van der Waals surface area contributed by atoms with Crippen LogP contribution in [0.25, 0.3) is 0 Å². The Balaban J connectivity index is 2.37. The van der Waals surface area contributed by atoms with E-state index >= 15 is 0 Å². The van der Waals surface area contributed by atoms with Gasteiger partial charge in [-0.15, -0.1) is 0 Å². The van der Waals surface area contributed by atoms with Crippen LogP contribution in [-0.4, -0.2) is 54.6 Å². The average molecular weight is 240 g/mol. The summed E-state index contributed by atoms with van der Waals surface area (Å²) in [6.45, 7) is 9.71.